The van der Waals surface area contributed by atoms with Crippen molar-refractivity contribution in [2.75, 3.05) is 11.9 Å². The Kier molecular flexibility index (Phi) is 5.63. The molecule has 4 fully saturated rings. The van der Waals surface area contributed by atoms with Gasteiger partial charge in [0.25, 0.3) is 0 Å². The molecule has 1 aromatic heterocycles. The van der Waals surface area contributed by atoms with Gasteiger partial charge in [0.05, 0.1) is 12.7 Å². The molecule has 0 radical (unpaired) electrons. The molecule has 4 aliphatic carbocycles. The molecule has 6 nitrogen and oxygen atoms in total. The van der Waals surface area contributed by atoms with E-state index < -0.39 is 0 Å². The van der Waals surface area contributed by atoms with Crippen LogP contribution in [0, 0.1) is 23.2 Å². The topological polar surface area (TPSA) is 76.0 Å². The fraction of sp³-hybridized carbons (Fsp3) is 0.542. The fourth-order valence-electron chi connectivity index (χ4n) is 6.42. The Morgan fingerprint density at radius 3 is 2.42 bits per heavy atom. The number of hydrogen-bond acceptors (Lipinski definition) is 3. The van der Waals surface area contributed by atoms with Crippen molar-refractivity contribution < 1.29 is 9.59 Å². The highest BCUT2D eigenvalue weighted by molar-refractivity contribution is 9.10. The van der Waals surface area contributed by atoms with Gasteiger partial charge in [-0.3, -0.25) is 9.59 Å². The number of halogens is 1. The van der Waals surface area contributed by atoms with Crippen molar-refractivity contribution in [2.24, 2.45) is 23.2 Å². The highest BCUT2D eigenvalue weighted by Gasteiger charge is 2.54. The van der Waals surface area contributed by atoms with Gasteiger partial charge in [0.1, 0.15) is 5.82 Å². The van der Waals surface area contributed by atoms with Gasteiger partial charge in [-0.1, -0.05) is 34.1 Å². The van der Waals surface area contributed by atoms with Crippen LogP contribution in [-0.2, 0) is 16.1 Å². The van der Waals surface area contributed by atoms with E-state index in [9.17, 15) is 9.59 Å². The normalized spacial score (nSPS) is 28.5. The van der Waals surface area contributed by atoms with Crippen LogP contribution in [0.4, 0.5) is 5.82 Å². The summed E-state index contributed by atoms with van der Waals surface area (Å²) in [4.78, 5) is 25.5. The summed E-state index contributed by atoms with van der Waals surface area (Å²) in [6, 6.07) is 9.76. The van der Waals surface area contributed by atoms with E-state index in [0.29, 0.717) is 18.9 Å². The third-order valence-corrected chi connectivity index (χ3v) is 8.19. The van der Waals surface area contributed by atoms with Crippen molar-refractivity contribution in [1.29, 1.82) is 0 Å². The van der Waals surface area contributed by atoms with Gasteiger partial charge in [0, 0.05) is 28.9 Å². The van der Waals surface area contributed by atoms with E-state index in [1.165, 1.54) is 19.3 Å². The number of hydrogen-bond donors (Lipinski definition) is 2. The Balaban J connectivity index is 1.13. The molecule has 0 spiro atoms. The molecule has 6 rings (SSSR count). The molecule has 0 aliphatic heterocycles. The molecule has 2 aromatic rings. The Bertz CT molecular complexity index is 950. The molecule has 4 bridgehead atoms. The van der Waals surface area contributed by atoms with Crippen molar-refractivity contribution >= 4 is 33.6 Å². The van der Waals surface area contributed by atoms with Crippen LogP contribution in [0.25, 0.3) is 0 Å². The molecule has 0 saturated heterocycles. The van der Waals surface area contributed by atoms with E-state index in [1.54, 1.807) is 16.9 Å². The van der Waals surface area contributed by atoms with Gasteiger partial charge in [-0.25, -0.2) is 4.68 Å². The van der Waals surface area contributed by atoms with Gasteiger partial charge in [-0.2, -0.15) is 5.10 Å². The maximum atomic E-state index is 13.0. The number of anilines is 1. The second-order valence-corrected chi connectivity index (χ2v) is 10.6. The highest BCUT2D eigenvalue weighted by Crippen LogP contribution is 2.60. The highest BCUT2D eigenvalue weighted by atomic mass is 79.9. The predicted molar refractivity (Wildman–Crippen MR) is 122 cm³/mol. The van der Waals surface area contributed by atoms with Crippen LogP contribution in [0.15, 0.2) is 41.0 Å². The third-order valence-electron chi connectivity index (χ3n) is 7.42. The number of aromatic nitrogens is 2. The van der Waals surface area contributed by atoms with Gasteiger partial charge in [-0.05, 0) is 67.9 Å². The van der Waals surface area contributed by atoms with Crippen LogP contribution >= 0.6 is 15.9 Å². The largest absolute Gasteiger partial charge is 0.355 e. The summed E-state index contributed by atoms with van der Waals surface area (Å²) >= 11 is 3.55. The Morgan fingerprint density at radius 2 is 1.74 bits per heavy atom. The van der Waals surface area contributed by atoms with Crippen LogP contribution in [0.2, 0.25) is 0 Å². The number of benzene rings is 1. The van der Waals surface area contributed by atoms with E-state index in [0.717, 1.165) is 47.1 Å². The molecule has 1 heterocycles. The molecule has 4 saturated carbocycles. The first-order valence-corrected chi connectivity index (χ1v) is 12.1. The van der Waals surface area contributed by atoms with Crippen molar-refractivity contribution in [2.45, 2.75) is 51.5 Å². The monoisotopic (exact) mass is 484 g/mol. The third kappa shape index (κ3) is 4.29. The minimum absolute atomic E-state index is 0.111. The maximum Gasteiger partial charge on any atom is 0.227 e. The Hall–Kier alpha value is -2.15. The maximum absolute atomic E-state index is 13.0. The molecule has 31 heavy (non-hydrogen) atoms. The van der Waals surface area contributed by atoms with Crippen molar-refractivity contribution in [3.8, 4) is 0 Å². The number of carbonyl (C=O) groups is 2. The molecule has 1 aromatic carbocycles. The second kappa shape index (κ2) is 8.41. The first-order chi connectivity index (χ1) is 15.0. The summed E-state index contributed by atoms with van der Waals surface area (Å²) in [5.41, 5.74) is 0.928. The zero-order chi connectivity index (χ0) is 21.4. The van der Waals surface area contributed by atoms with Crippen LogP contribution in [0.3, 0.4) is 0 Å². The zero-order valence-corrected chi connectivity index (χ0v) is 19.2. The molecule has 2 amide bonds. The van der Waals surface area contributed by atoms with E-state index in [-0.39, 0.29) is 23.7 Å². The zero-order valence-electron chi connectivity index (χ0n) is 17.6. The van der Waals surface area contributed by atoms with Crippen LogP contribution in [0.1, 0.15) is 50.5 Å². The van der Waals surface area contributed by atoms with Gasteiger partial charge in [0.15, 0.2) is 0 Å². The van der Waals surface area contributed by atoms with E-state index in [2.05, 4.69) is 31.7 Å². The SMILES string of the molecule is O=C(CCNC(=O)C12CC3CC(CC(C3)C1)C2)Nc1ccnn1Cc1ccccc1Br. The molecule has 0 atom stereocenters. The lowest BCUT2D eigenvalue weighted by atomic mass is 9.49. The standard InChI is InChI=1S/C24H29BrN4O2/c25-20-4-2-1-3-19(20)15-29-21(5-8-27-29)28-22(30)6-7-26-23(31)24-12-16-9-17(13-24)11-18(10-16)14-24/h1-5,8,16-18H,6-7,9-15H2,(H,26,31)(H,28,30). The summed E-state index contributed by atoms with van der Waals surface area (Å²) in [6.07, 6.45) is 9.05. The molecular formula is C24H29BrN4O2. The molecule has 2 N–H and O–H groups in total. The van der Waals surface area contributed by atoms with E-state index in [1.807, 2.05) is 24.3 Å². The van der Waals surface area contributed by atoms with E-state index >= 15 is 0 Å². The second-order valence-electron chi connectivity index (χ2n) is 9.72. The molecule has 4 aliphatic rings. The van der Waals surface area contributed by atoms with Crippen molar-refractivity contribution in [3.05, 3.63) is 46.6 Å². The first-order valence-electron chi connectivity index (χ1n) is 11.3. The Labute approximate surface area is 191 Å². The summed E-state index contributed by atoms with van der Waals surface area (Å²) in [6.45, 7) is 0.942. The van der Waals surface area contributed by atoms with Crippen LogP contribution in [0.5, 0.6) is 0 Å². The predicted octanol–water partition coefficient (Wildman–Crippen LogP) is 4.36. The number of nitrogens with one attached hydrogen (secondary N) is 2. The summed E-state index contributed by atoms with van der Waals surface area (Å²) in [7, 11) is 0. The summed E-state index contributed by atoms with van der Waals surface area (Å²) < 4.78 is 2.78. The number of rotatable bonds is 7. The van der Waals surface area contributed by atoms with Gasteiger partial charge in [-0.15, -0.1) is 0 Å². The number of carbonyl (C=O) groups excluding carboxylic acids is 2. The number of nitrogens with zero attached hydrogens (tertiary/aromatic N) is 2. The quantitative estimate of drug-likeness (QED) is 0.612. The molecule has 0 unspecified atom stereocenters. The summed E-state index contributed by atoms with van der Waals surface area (Å²) in [5, 5.41) is 10.3. The van der Waals surface area contributed by atoms with Gasteiger partial charge >= 0.3 is 0 Å². The molecular weight excluding hydrogens is 456 g/mol. The van der Waals surface area contributed by atoms with Crippen molar-refractivity contribution in [1.82, 2.24) is 15.1 Å². The smallest absolute Gasteiger partial charge is 0.227 e. The first kappa shape index (κ1) is 20.7. The Morgan fingerprint density at radius 1 is 1.06 bits per heavy atom. The minimum atomic E-state index is -0.160. The average molecular weight is 485 g/mol. The van der Waals surface area contributed by atoms with Crippen LogP contribution < -0.4 is 10.6 Å². The van der Waals surface area contributed by atoms with E-state index in [4.69, 9.17) is 0 Å². The lowest BCUT2D eigenvalue weighted by Gasteiger charge is -2.55. The molecule has 164 valence electrons. The summed E-state index contributed by atoms with van der Waals surface area (Å²) in [5.74, 6) is 2.95. The minimum Gasteiger partial charge on any atom is -0.355 e. The lowest BCUT2D eigenvalue weighted by Crippen LogP contribution is -2.53. The number of amides is 2. The fourth-order valence-corrected chi connectivity index (χ4v) is 6.83. The lowest BCUT2D eigenvalue weighted by molar-refractivity contribution is -0.146. The van der Waals surface area contributed by atoms with Gasteiger partial charge in [0.2, 0.25) is 11.8 Å². The van der Waals surface area contributed by atoms with Gasteiger partial charge < -0.3 is 10.6 Å². The van der Waals surface area contributed by atoms with Crippen LogP contribution in [-0.4, -0.2) is 28.1 Å². The average Bonchev–Trinajstić information content (AvgIpc) is 3.15. The van der Waals surface area contributed by atoms with Crippen molar-refractivity contribution in [3.63, 3.8) is 0 Å². The molecule has 7 heteroatoms.